The Morgan fingerprint density at radius 2 is 2.12 bits per heavy atom. The predicted octanol–water partition coefficient (Wildman–Crippen LogP) is 2.07. The van der Waals surface area contributed by atoms with Crippen LogP contribution in [-0.2, 0) is 4.79 Å². The molecule has 2 aliphatic heterocycles. The third-order valence-electron chi connectivity index (χ3n) is 3.98. The Kier molecular flexibility index (Phi) is 3.80. The first kappa shape index (κ1) is 12.2. The van der Waals surface area contributed by atoms with Crippen LogP contribution >= 0.6 is 11.8 Å². The maximum Gasteiger partial charge on any atom is 0.321 e. The van der Waals surface area contributed by atoms with E-state index in [0.717, 1.165) is 13.0 Å². The number of hydrogen-bond acceptors (Lipinski definition) is 3. The van der Waals surface area contributed by atoms with E-state index in [-0.39, 0.29) is 6.04 Å². The monoisotopic (exact) mass is 243 g/mol. The number of carbonyl (C=O) groups is 1. The van der Waals surface area contributed by atoms with Gasteiger partial charge in [-0.1, -0.05) is 13.8 Å². The van der Waals surface area contributed by atoms with Crippen molar-refractivity contribution in [3.8, 4) is 0 Å². The Bertz CT molecular complexity index is 272. The molecule has 0 aromatic rings. The van der Waals surface area contributed by atoms with Crippen LogP contribution in [0.3, 0.4) is 0 Å². The predicted molar refractivity (Wildman–Crippen MR) is 66.9 cm³/mol. The molecule has 0 bridgehead atoms. The second-order valence-electron chi connectivity index (χ2n) is 5.07. The van der Waals surface area contributed by atoms with E-state index in [9.17, 15) is 9.90 Å². The van der Waals surface area contributed by atoms with E-state index in [4.69, 9.17) is 0 Å². The molecule has 0 radical (unpaired) electrons. The van der Waals surface area contributed by atoms with E-state index in [1.807, 2.05) is 11.8 Å². The summed E-state index contributed by atoms with van der Waals surface area (Å²) in [6, 6.07) is 0.232. The van der Waals surface area contributed by atoms with Gasteiger partial charge in [-0.05, 0) is 37.5 Å². The average molecular weight is 243 g/mol. The Hall–Kier alpha value is -0.220. The lowest BCUT2D eigenvalue weighted by molar-refractivity contribution is -0.144. The van der Waals surface area contributed by atoms with E-state index >= 15 is 0 Å². The Labute approximate surface area is 102 Å². The van der Waals surface area contributed by atoms with Crippen molar-refractivity contribution in [3.05, 3.63) is 0 Å². The van der Waals surface area contributed by atoms with Gasteiger partial charge in [0, 0.05) is 11.3 Å². The third-order valence-corrected chi connectivity index (χ3v) is 5.35. The molecule has 2 fully saturated rings. The highest BCUT2D eigenvalue weighted by atomic mass is 32.2. The molecule has 0 aliphatic carbocycles. The second-order valence-corrected chi connectivity index (χ2v) is 6.56. The van der Waals surface area contributed by atoms with Crippen molar-refractivity contribution in [1.29, 1.82) is 0 Å². The smallest absolute Gasteiger partial charge is 0.321 e. The van der Waals surface area contributed by atoms with Gasteiger partial charge in [-0.3, -0.25) is 9.69 Å². The fourth-order valence-corrected chi connectivity index (χ4v) is 4.30. The summed E-state index contributed by atoms with van der Waals surface area (Å²) in [7, 11) is 0. The molecule has 0 amide bonds. The molecule has 4 atom stereocenters. The van der Waals surface area contributed by atoms with E-state index in [1.165, 1.54) is 18.6 Å². The number of aliphatic carboxylic acids is 1. The molecule has 0 saturated carbocycles. The summed E-state index contributed by atoms with van der Waals surface area (Å²) in [6.45, 7) is 5.28. The van der Waals surface area contributed by atoms with Gasteiger partial charge in [-0.25, -0.2) is 0 Å². The van der Waals surface area contributed by atoms with Gasteiger partial charge in [0.15, 0.2) is 0 Å². The van der Waals surface area contributed by atoms with Crippen LogP contribution in [0, 0.1) is 5.92 Å². The van der Waals surface area contributed by atoms with Gasteiger partial charge < -0.3 is 5.11 Å². The standard InChI is InChI=1S/C12H21NO2S/c1-8-5-6-13(11(8)12(14)15)10-4-3-7-16-9(10)2/h8-11H,3-7H2,1-2H3,(H,14,15). The van der Waals surface area contributed by atoms with E-state index in [2.05, 4.69) is 18.7 Å². The molecule has 0 aromatic carbocycles. The molecular weight excluding hydrogens is 222 g/mol. The van der Waals surface area contributed by atoms with Crippen molar-refractivity contribution < 1.29 is 9.90 Å². The molecule has 4 unspecified atom stereocenters. The summed E-state index contributed by atoms with van der Waals surface area (Å²) in [5.74, 6) is 0.906. The number of nitrogens with zero attached hydrogens (tertiary/aromatic N) is 1. The number of carboxylic acids is 1. The molecule has 3 nitrogen and oxygen atoms in total. The van der Waals surface area contributed by atoms with Crippen LogP contribution in [0.5, 0.6) is 0 Å². The molecular formula is C12H21NO2S. The fourth-order valence-electron chi connectivity index (χ4n) is 3.08. The minimum absolute atomic E-state index is 0.244. The van der Waals surface area contributed by atoms with E-state index < -0.39 is 5.97 Å². The summed E-state index contributed by atoms with van der Waals surface area (Å²) in [5, 5.41) is 9.91. The van der Waals surface area contributed by atoms with Crippen LogP contribution in [-0.4, -0.2) is 45.6 Å². The molecule has 0 spiro atoms. The zero-order valence-electron chi connectivity index (χ0n) is 10.1. The van der Waals surface area contributed by atoms with E-state index in [1.54, 1.807) is 0 Å². The molecule has 1 N–H and O–H groups in total. The fraction of sp³-hybridized carbons (Fsp3) is 0.917. The van der Waals surface area contributed by atoms with Crippen LogP contribution < -0.4 is 0 Å². The van der Waals surface area contributed by atoms with Crippen LogP contribution in [0.1, 0.15) is 33.1 Å². The zero-order valence-corrected chi connectivity index (χ0v) is 10.9. The first-order valence-corrected chi connectivity index (χ1v) is 7.26. The molecule has 2 heterocycles. The maximum absolute atomic E-state index is 11.3. The molecule has 2 rings (SSSR count). The van der Waals surface area contributed by atoms with Crippen LogP contribution in [0.25, 0.3) is 0 Å². The van der Waals surface area contributed by atoms with E-state index in [0.29, 0.717) is 17.2 Å². The molecule has 0 aromatic heterocycles. The van der Waals surface area contributed by atoms with Crippen LogP contribution in [0.4, 0.5) is 0 Å². The first-order chi connectivity index (χ1) is 7.61. The Morgan fingerprint density at radius 3 is 2.75 bits per heavy atom. The Morgan fingerprint density at radius 1 is 1.38 bits per heavy atom. The summed E-state index contributed by atoms with van der Waals surface area (Å²) in [5.41, 5.74) is 0. The number of thioether (sulfide) groups is 1. The highest BCUT2D eigenvalue weighted by molar-refractivity contribution is 7.99. The number of likely N-dealkylation sites (tertiary alicyclic amines) is 1. The van der Waals surface area contributed by atoms with Crippen molar-refractivity contribution in [2.24, 2.45) is 5.92 Å². The lowest BCUT2D eigenvalue weighted by atomic mass is 10.0. The van der Waals surface area contributed by atoms with Crippen molar-refractivity contribution in [2.45, 2.75) is 50.4 Å². The van der Waals surface area contributed by atoms with Crippen molar-refractivity contribution in [1.82, 2.24) is 4.90 Å². The highest BCUT2D eigenvalue weighted by Crippen LogP contribution is 2.35. The molecule has 2 aliphatic rings. The first-order valence-electron chi connectivity index (χ1n) is 6.21. The summed E-state index contributed by atoms with van der Waals surface area (Å²) in [6.07, 6.45) is 3.44. The largest absolute Gasteiger partial charge is 0.480 e. The Balaban J connectivity index is 2.10. The summed E-state index contributed by atoms with van der Waals surface area (Å²) >= 11 is 1.99. The topological polar surface area (TPSA) is 40.5 Å². The van der Waals surface area contributed by atoms with Gasteiger partial charge >= 0.3 is 5.97 Å². The zero-order chi connectivity index (χ0) is 11.7. The molecule has 16 heavy (non-hydrogen) atoms. The summed E-state index contributed by atoms with van der Waals surface area (Å²) in [4.78, 5) is 13.6. The van der Waals surface area contributed by atoms with Gasteiger partial charge in [0.25, 0.3) is 0 Å². The van der Waals surface area contributed by atoms with Crippen molar-refractivity contribution >= 4 is 17.7 Å². The summed E-state index contributed by atoms with van der Waals surface area (Å²) < 4.78 is 0. The van der Waals surface area contributed by atoms with Crippen molar-refractivity contribution in [3.63, 3.8) is 0 Å². The van der Waals surface area contributed by atoms with Gasteiger partial charge in [-0.2, -0.15) is 11.8 Å². The minimum Gasteiger partial charge on any atom is -0.480 e. The van der Waals surface area contributed by atoms with Gasteiger partial charge in [0.05, 0.1) is 0 Å². The SMILES string of the molecule is CC1CCN(C2CCCSC2C)C1C(=O)O. The number of carboxylic acid groups (broad SMARTS) is 1. The quantitative estimate of drug-likeness (QED) is 0.806. The van der Waals surface area contributed by atoms with Gasteiger partial charge in [0.2, 0.25) is 0 Å². The lowest BCUT2D eigenvalue weighted by Gasteiger charge is -2.38. The van der Waals surface area contributed by atoms with Crippen molar-refractivity contribution in [2.75, 3.05) is 12.3 Å². The maximum atomic E-state index is 11.3. The molecule has 4 heteroatoms. The second kappa shape index (κ2) is 4.96. The normalized spacial score (nSPS) is 41.1. The third kappa shape index (κ3) is 2.23. The van der Waals surface area contributed by atoms with Gasteiger partial charge in [-0.15, -0.1) is 0 Å². The molecule has 2 saturated heterocycles. The lowest BCUT2D eigenvalue weighted by Crippen LogP contribution is -2.49. The minimum atomic E-state index is -0.632. The van der Waals surface area contributed by atoms with Gasteiger partial charge in [0.1, 0.15) is 6.04 Å². The van der Waals surface area contributed by atoms with Crippen LogP contribution in [0.15, 0.2) is 0 Å². The number of hydrogen-bond donors (Lipinski definition) is 1. The molecule has 92 valence electrons. The highest BCUT2D eigenvalue weighted by Gasteiger charge is 2.42. The average Bonchev–Trinajstić information content (AvgIpc) is 2.61. The van der Waals surface area contributed by atoms with Crippen LogP contribution in [0.2, 0.25) is 0 Å². The number of rotatable bonds is 2.